The lowest BCUT2D eigenvalue weighted by atomic mass is 9.91. The molecule has 1 aromatic carbocycles. The molecule has 1 aliphatic heterocycles. The van der Waals surface area contributed by atoms with E-state index in [2.05, 4.69) is 25.9 Å². The smallest absolute Gasteiger partial charge is 0.351 e. The number of carbonyl (C=O) groups excluding carboxylic acids is 2. The average molecular weight is 494 g/mol. The Balaban J connectivity index is 1.18. The summed E-state index contributed by atoms with van der Waals surface area (Å²) < 4.78 is 38.0. The minimum Gasteiger partial charge on any atom is -0.351 e. The number of hydrogen-bond acceptors (Lipinski definition) is 7. The molecule has 3 N–H and O–H groups in total. The van der Waals surface area contributed by atoms with Gasteiger partial charge in [0.1, 0.15) is 0 Å². The van der Waals surface area contributed by atoms with Gasteiger partial charge in [-0.1, -0.05) is 23.9 Å². The van der Waals surface area contributed by atoms with Gasteiger partial charge in [-0.05, 0) is 62.4 Å². The van der Waals surface area contributed by atoms with Gasteiger partial charge in [0.15, 0.2) is 0 Å². The van der Waals surface area contributed by atoms with E-state index in [4.69, 9.17) is 0 Å². The molecule has 4 rings (SSSR count). The number of anilines is 1. The first-order chi connectivity index (χ1) is 16.3. The maximum Gasteiger partial charge on any atom is 0.416 e. The summed E-state index contributed by atoms with van der Waals surface area (Å²) in [4.78, 5) is 31.9. The van der Waals surface area contributed by atoms with E-state index in [9.17, 15) is 22.8 Å². The third-order valence-corrected chi connectivity index (χ3v) is 7.04. The summed E-state index contributed by atoms with van der Waals surface area (Å²) in [5.41, 5.74) is 0.965. The molecule has 2 heterocycles. The Morgan fingerprint density at radius 2 is 1.74 bits per heavy atom. The van der Waals surface area contributed by atoms with Crippen LogP contribution >= 0.6 is 11.8 Å². The zero-order chi connectivity index (χ0) is 24.1. The van der Waals surface area contributed by atoms with Crippen LogP contribution in [-0.2, 0) is 23.8 Å². The van der Waals surface area contributed by atoms with Crippen LogP contribution in [0, 0.1) is 0 Å². The number of thioether (sulfide) groups is 1. The molecule has 1 aliphatic carbocycles. The molecule has 1 unspecified atom stereocenters. The number of imide groups is 1. The molecule has 1 saturated heterocycles. The van der Waals surface area contributed by atoms with Crippen LogP contribution in [0.1, 0.15) is 42.5 Å². The maximum absolute atomic E-state index is 12.7. The summed E-state index contributed by atoms with van der Waals surface area (Å²) in [5.74, 6) is 0.234. The molecule has 7 nitrogen and oxygen atoms in total. The minimum absolute atomic E-state index is 0.244. The van der Waals surface area contributed by atoms with Gasteiger partial charge in [-0.2, -0.15) is 13.2 Å². The first-order valence-corrected chi connectivity index (χ1v) is 12.1. The topological polar surface area (TPSA) is 96.0 Å². The van der Waals surface area contributed by atoms with Gasteiger partial charge in [-0.15, -0.1) is 0 Å². The number of rotatable bonds is 8. The highest BCUT2D eigenvalue weighted by Gasteiger charge is 2.32. The van der Waals surface area contributed by atoms with E-state index in [1.165, 1.54) is 12.1 Å². The fourth-order valence-corrected chi connectivity index (χ4v) is 5.04. The third kappa shape index (κ3) is 6.69. The minimum atomic E-state index is -4.30. The molecular weight excluding hydrogens is 467 g/mol. The molecule has 1 atom stereocenters. The van der Waals surface area contributed by atoms with Crippen LogP contribution in [-0.4, -0.2) is 45.0 Å². The number of halogens is 3. The van der Waals surface area contributed by atoms with Crippen LogP contribution in [0.4, 0.5) is 23.9 Å². The summed E-state index contributed by atoms with van der Waals surface area (Å²) in [6, 6.07) is 7.70. The lowest BCUT2D eigenvalue weighted by Gasteiger charge is -2.30. The van der Waals surface area contributed by atoms with Gasteiger partial charge >= 0.3 is 6.18 Å². The number of nitrogens with zero attached hydrogens (tertiary/aromatic N) is 2. The van der Waals surface area contributed by atoms with E-state index in [1.54, 1.807) is 12.3 Å². The first-order valence-electron chi connectivity index (χ1n) is 11.3. The zero-order valence-electron chi connectivity index (χ0n) is 18.4. The number of alkyl halides is 3. The standard InChI is InChI=1S/C23H26F3N5O2S/c24-23(25,26)15-3-1-14(2-4-15)9-11-27-16-5-7-17(8-6-16)29-21-28-12-10-18(30-21)13-19-20(32)31-22(33)34-19/h1-4,10,12,16-17,19,27H,5-9,11,13H2,(H,28,29,30)(H,31,32,33). The number of nitrogens with one attached hydrogen (secondary N) is 3. The van der Waals surface area contributed by atoms with Crippen molar-refractivity contribution < 1.29 is 22.8 Å². The molecule has 2 amide bonds. The van der Waals surface area contributed by atoms with Crippen molar-refractivity contribution in [3.8, 4) is 0 Å². The van der Waals surface area contributed by atoms with Gasteiger partial charge < -0.3 is 10.6 Å². The largest absolute Gasteiger partial charge is 0.416 e. The second-order valence-corrected chi connectivity index (χ2v) is 9.73. The summed E-state index contributed by atoms with van der Waals surface area (Å²) in [6.45, 7) is 0.717. The monoisotopic (exact) mass is 493 g/mol. The van der Waals surface area contributed by atoms with E-state index in [1.807, 2.05) is 0 Å². The van der Waals surface area contributed by atoms with E-state index >= 15 is 0 Å². The van der Waals surface area contributed by atoms with E-state index in [-0.39, 0.29) is 17.2 Å². The second-order valence-electron chi connectivity index (χ2n) is 8.55. The van der Waals surface area contributed by atoms with E-state index < -0.39 is 17.0 Å². The summed E-state index contributed by atoms with van der Waals surface area (Å²) >= 11 is 0.984. The van der Waals surface area contributed by atoms with Gasteiger partial charge in [-0.25, -0.2) is 9.97 Å². The van der Waals surface area contributed by atoms with Gasteiger partial charge in [0.2, 0.25) is 11.9 Å². The average Bonchev–Trinajstić information content (AvgIpc) is 3.11. The summed E-state index contributed by atoms with van der Waals surface area (Å²) in [5, 5.41) is 8.37. The zero-order valence-corrected chi connectivity index (χ0v) is 19.2. The van der Waals surface area contributed by atoms with Crippen molar-refractivity contribution in [2.24, 2.45) is 0 Å². The molecule has 2 fully saturated rings. The van der Waals surface area contributed by atoms with Crippen molar-refractivity contribution in [3.63, 3.8) is 0 Å². The summed E-state index contributed by atoms with van der Waals surface area (Å²) in [7, 11) is 0. The molecule has 2 aromatic rings. The normalized spacial score (nSPS) is 23.1. The molecule has 0 bridgehead atoms. The van der Waals surface area contributed by atoms with E-state index in [0.717, 1.165) is 55.1 Å². The predicted molar refractivity (Wildman–Crippen MR) is 123 cm³/mol. The third-order valence-electron chi connectivity index (χ3n) is 6.06. The van der Waals surface area contributed by atoms with Crippen molar-refractivity contribution in [1.82, 2.24) is 20.6 Å². The van der Waals surface area contributed by atoms with Gasteiger partial charge in [0.05, 0.1) is 10.8 Å². The van der Waals surface area contributed by atoms with Crippen molar-refractivity contribution in [1.29, 1.82) is 0 Å². The quantitative estimate of drug-likeness (QED) is 0.513. The lowest BCUT2D eigenvalue weighted by molar-refractivity contribution is -0.137. The van der Waals surface area contributed by atoms with Crippen LogP contribution in [0.5, 0.6) is 0 Å². The van der Waals surface area contributed by atoms with Crippen molar-refractivity contribution in [2.75, 3.05) is 11.9 Å². The Kier molecular flexibility index (Phi) is 7.72. The Labute approximate surface area is 199 Å². The number of carbonyl (C=O) groups is 2. The number of benzene rings is 1. The molecule has 34 heavy (non-hydrogen) atoms. The van der Waals surface area contributed by atoms with E-state index in [0.29, 0.717) is 37.1 Å². The highest BCUT2D eigenvalue weighted by atomic mass is 32.2. The van der Waals surface area contributed by atoms with Crippen molar-refractivity contribution >= 4 is 28.9 Å². The molecule has 1 saturated carbocycles. The van der Waals surface area contributed by atoms with Crippen molar-refractivity contribution in [2.45, 2.75) is 62.0 Å². The molecule has 0 spiro atoms. The fourth-order valence-electron chi connectivity index (χ4n) is 4.20. The van der Waals surface area contributed by atoms with Gasteiger partial charge in [0, 0.05) is 30.4 Å². The molecule has 1 aromatic heterocycles. The Hall–Kier alpha value is -2.66. The van der Waals surface area contributed by atoms with Crippen molar-refractivity contribution in [3.05, 3.63) is 53.3 Å². The Bertz CT molecular complexity index is 1010. The van der Waals surface area contributed by atoms with Crippen LogP contribution in [0.2, 0.25) is 0 Å². The predicted octanol–water partition coefficient (Wildman–Crippen LogP) is 3.94. The molecule has 182 valence electrons. The van der Waals surface area contributed by atoms with Gasteiger partial charge in [0.25, 0.3) is 5.24 Å². The number of hydrogen-bond donors (Lipinski definition) is 3. The molecule has 11 heteroatoms. The highest BCUT2D eigenvalue weighted by Crippen LogP contribution is 2.29. The Morgan fingerprint density at radius 1 is 1.03 bits per heavy atom. The first kappa shape index (κ1) is 24.5. The fraction of sp³-hybridized carbons (Fsp3) is 0.478. The van der Waals surface area contributed by atoms with Crippen LogP contribution in [0.15, 0.2) is 36.5 Å². The molecule has 0 radical (unpaired) electrons. The lowest BCUT2D eigenvalue weighted by Crippen LogP contribution is -2.38. The number of amides is 2. The highest BCUT2D eigenvalue weighted by molar-refractivity contribution is 8.15. The second kappa shape index (κ2) is 10.7. The SMILES string of the molecule is O=C1NC(=O)C(Cc2ccnc(NC3CCC(NCCc4ccc(C(F)(F)F)cc4)CC3)n2)S1. The van der Waals surface area contributed by atoms with Crippen LogP contribution in [0.3, 0.4) is 0 Å². The molecule has 2 aliphatic rings. The van der Waals surface area contributed by atoms with Gasteiger partial charge in [-0.3, -0.25) is 14.9 Å². The Morgan fingerprint density at radius 3 is 2.38 bits per heavy atom. The van der Waals surface area contributed by atoms with Crippen LogP contribution < -0.4 is 16.0 Å². The summed E-state index contributed by atoms with van der Waals surface area (Å²) in [6.07, 6.45) is 2.24. The number of aromatic nitrogens is 2. The maximum atomic E-state index is 12.7. The molecular formula is C23H26F3N5O2S. The van der Waals surface area contributed by atoms with Crippen LogP contribution in [0.25, 0.3) is 0 Å².